The monoisotopic (exact) mass is 476 g/mol. The highest BCUT2D eigenvalue weighted by atomic mass is 19.2. The summed E-state index contributed by atoms with van der Waals surface area (Å²) in [5.74, 6) is -3.25. The zero-order valence-electron chi connectivity index (χ0n) is 19.1. The minimum Gasteiger partial charge on any atom is -0.356 e. The molecule has 0 radical (unpaired) electrons. The minimum atomic E-state index is -1.31. The molecule has 5 nitrogen and oxygen atoms in total. The van der Waals surface area contributed by atoms with E-state index in [1.54, 1.807) is 18.4 Å². The molecule has 3 N–H and O–H groups in total. The van der Waals surface area contributed by atoms with Gasteiger partial charge in [0, 0.05) is 43.4 Å². The molecule has 0 spiro atoms. The number of halogens is 4. The number of nitrogens with two attached hydrogens (primary N) is 1. The van der Waals surface area contributed by atoms with Gasteiger partial charge in [0.1, 0.15) is 18.3 Å². The minimum absolute atomic E-state index is 0.0620. The van der Waals surface area contributed by atoms with Gasteiger partial charge in [0.15, 0.2) is 11.6 Å². The molecule has 182 valence electrons. The molecule has 0 bridgehead atoms. The van der Waals surface area contributed by atoms with Crippen molar-refractivity contribution in [2.75, 3.05) is 13.2 Å². The lowest BCUT2D eigenvalue weighted by molar-refractivity contribution is -0.129. The van der Waals surface area contributed by atoms with Crippen LogP contribution in [0.1, 0.15) is 31.7 Å². The Labute approximate surface area is 196 Å². The lowest BCUT2D eigenvalue weighted by Crippen LogP contribution is -2.41. The van der Waals surface area contributed by atoms with E-state index in [9.17, 15) is 22.4 Å². The SMILES string of the molecule is CC(C)(Cc1nc(-c2cc(F)cc(F)c2F)cn1Cc1ccccc1)C(=O)NCC[C@@H](N)CF. The van der Waals surface area contributed by atoms with Gasteiger partial charge in [-0.25, -0.2) is 22.5 Å². The number of nitrogens with zero attached hydrogens (tertiary/aromatic N) is 2. The van der Waals surface area contributed by atoms with E-state index in [2.05, 4.69) is 10.3 Å². The van der Waals surface area contributed by atoms with Crippen LogP contribution in [-0.2, 0) is 17.8 Å². The summed E-state index contributed by atoms with van der Waals surface area (Å²) in [6.07, 6.45) is 1.99. The van der Waals surface area contributed by atoms with Crippen LogP contribution >= 0.6 is 0 Å². The van der Waals surface area contributed by atoms with Gasteiger partial charge in [0.05, 0.1) is 11.1 Å². The molecule has 34 heavy (non-hydrogen) atoms. The fourth-order valence-corrected chi connectivity index (χ4v) is 3.55. The fraction of sp³-hybridized carbons (Fsp3) is 0.360. The second-order valence-electron chi connectivity index (χ2n) is 8.92. The summed E-state index contributed by atoms with van der Waals surface area (Å²) in [5, 5.41) is 2.76. The van der Waals surface area contributed by atoms with Crippen molar-refractivity contribution >= 4 is 5.91 Å². The normalized spacial score (nSPS) is 12.6. The van der Waals surface area contributed by atoms with Crippen molar-refractivity contribution in [1.29, 1.82) is 0 Å². The first-order valence-corrected chi connectivity index (χ1v) is 11.0. The number of alkyl halides is 1. The van der Waals surface area contributed by atoms with Gasteiger partial charge < -0.3 is 15.6 Å². The quantitative estimate of drug-likeness (QED) is 0.337. The summed E-state index contributed by atoms with van der Waals surface area (Å²) in [6, 6.07) is 10.1. The maximum atomic E-state index is 14.4. The molecule has 0 aliphatic rings. The fourth-order valence-electron chi connectivity index (χ4n) is 3.55. The molecule has 2 aromatic carbocycles. The van der Waals surface area contributed by atoms with E-state index in [1.165, 1.54) is 6.20 Å². The summed E-state index contributed by atoms with van der Waals surface area (Å²) < 4.78 is 56.4. The van der Waals surface area contributed by atoms with Crippen LogP contribution in [0.25, 0.3) is 11.3 Å². The number of benzene rings is 2. The Bertz CT molecular complexity index is 1130. The molecule has 0 aliphatic heterocycles. The van der Waals surface area contributed by atoms with Crippen LogP contribution in [0.4, 0.5) is 17.6 Å². The second kappa shape index (κ2) is 10.8. The Morgan fingerprint density at radius 2 is 1.88 bits per heavy atom. The second-order valence-corrected chi connectivity index (χ2v) is 8.92. The first-order valence-electron chi connectivity index (χ1n) is 11.0. The molecular formula is C25H28F4N4O. The topological polar surface area (TPSA) is 72.9 Å². The molecule has 3 aromatic rings. The van der Waals surface area contributed by atoms with Crippen molar-refractivity contribution in [3.63, 3.8) is 0 Å². The molecule has 0 saturated carbocycles. The van der Waals surface area contributed by atoms with E-state index in [4.69, 9.17) is 5.73 Å². The van der Waals surface area contributed by atoms with Crippen LogP contribution in [0.2, 0.25) is 0 Å². The molecule has 0 unspecified atom stereocenters. The largest absolute Gasteiger partial charge is 0.356 e. The predicted octanol–water partition coefficient (Wildman–Crippen LogP) is 4.39. The van der Waals surface area contributed by atoms with Gasteiger partial charge in [0.25, 0.3) is 0 Å². The van der Waals surface area contributed by atoms with Crippen LogP contribution in [0.15, 0.2) is 48.7 Å². The first kappa shape index (κ1) is 25.4. The number of carbonyl (C=O) groups is 1. The lowest BCUT2D eigenvalue weighted by atomic mass is 9.87. The molecule has 1 amide bonds. The van der Waals surface area contributed by atoms with Crippen molar-refractivity contribution in [3.8, 4) is 11.3 Å². The summed E-state index contributed by atoms with van der Waals surface area (Å²) in [6.45, 7) is 3.37. The number of amides is 1. The predicted molar refractivity (Wildman–Crippen MR) is 122 cm³/mol. The van der Waals surface area contributed by atoms with Gasteiger partial charge in [-0.2, -0.15) is 0 Å². The van der Waals surface area contributed by atoms with Crippen LogP contribution < -0.4 is 11.1 Å². The highest BCUT2D eigenvalue weighted by Gasteiger charge is 2.30. The van der Waals surface area contributed by atoms with Crippen LogP contribution in [0.5, 0.6) is 0 Å². The van der Waals surface area contributed by atoms with Crippen LogP contribution in [0, 0.1) is 22.9 Å². The average Bonchev–Trinajstić information content (AvgIpc) is 3.17. The Morgan fingerprint density at radius 3 is 2.56 bits per heavy atom. The van der Waals surface area contributed by atoms with E-state index < -0.39 is 35.6 Å². The zero-order valence-corrected chi connectivity index (χ0v) is 19.1. The Hall–Kier alpha value is -3.20. The highest BCUT2D eigenvalue weighted by Crippen LogP contribution is 2.29. The number of hydrogen-bond donors (Lipinski definition) is 2. The zero-order chi connectivity index (χ0) is 24.9. The molecule has 0 aliphatic carbocycles. The van der Waals surface area contributed by atoms with Gasteiger partial charge in [-0.1, -0.05) is 44.2 Å². The lowest BCUT2D eigenvalue weighted by Gasteiger charge is -2.24. The summed E-state index contributed by atoms with van der Waals surface area (Å²) >= 11 is 0. The molecule has 1 aromatic heterocycles. The van der Waals surface area contributed by atoms with Gasteiger partial charge in [-0.05, 0) is 18.1 Å². The molecule has 1 heterocycles. The third kappa shape index (κ3) is 6.22. The third-order valence-electron chi connectivity index (χ3n) is 5.54. The van der Waals surface area contributed by atoms with Crippen molar-refractivity contribution in [3.05, 3.63) is 77.5 Å². The first-order chi connectivity index (χ1) is 16.1. The van der Waals surface area contributed by atoms with E-state index in [0.717, 1.165) is 11.6 Å². The smallest absolute Gasteiger partial charge is 0.226 e. The van der Waals surface area contributed by atoms with Crippen LogP contribution in [-0.4, -0.2) is 34.7 Å². The number of rotatable bonds is 10. The number of nitrogens with one attached hydrogen (secondary N) is 1. The van der Waals surface area contributed by atoms with Crippen molar-refractivity contribution in [1.82, 2.24) is 14.9 Å². The van der Waals surface area contributed by atoms with E-state index in [-0.39, 0.29) is 30.1 Å². The van der Waals surface area contributed by atoms with E-state index >= 15 is 0 Å². The van der Waals surface area contributed by atoms with Gasteiger partial charge in [0.2, 0.25) is 5.91 Å². The number of hydrogen-bond acceptors (Lipinski definition) is 3. The maximum Gasteiger partial charge on any atom is 0.226 e. The summed E-state index contributed by atoms with van der Waals surface area (Å²) in [4.78, 5) is 17.2. The molecule has 0 saturated heterocycles. The molecule has 0 fully saturated rings. The number of carbonyl (C=O) groups excluding carboxylic acids is 1. The third-order valence-corrected chi connectivity index (χ3v) is 5.54. The van der Waals surface area contributed by atoms with Gasteiger partial charge in [-0.15, -0.1) is 0 Å². The molecule has 3 rings (SSSR count). The van der Waals surface area contributed by atoms with Crippen molar-refractivity contribution in [2.45, 2.75) is 39.3 Å². The molecular weight excluding hydrogens is 448 g/mol. The summed E-state index contributed by atoms with van der Waals surface area (Å²) in [7, 11) is 0. The average molecular weight is 477 g/mol. The number of aromatic nitrogens is 2. The van der Waals surface area contributed by atoms with E-state index in [0.29, 0.717) is 24.9 Å². The molecule has 9 heteroatoms. The van der Waals surface area contributed by atoms with E-state index in [1.807, 2.05) is 30.3 Å². The van der Waals surface area contributed by atoms with Crippen molar-refractivity contribution < 1.29 is 22.4 Å². The standard InChI is InChI=1S/C25H28F4N4O/c1-25(2,24(34)31-9-8-18(30)13-26)12-22-32-21(19-10-17(27)11-20(28)23(19)29)15-33(22)14-16-6-4-3-5-7-16/h3-7,10-11,15,18H,8-9,12-14,30H2,1-2H3,(H,31,34)/t18-/m1/s1. The van der Waals surface area contributed by atoms with Crippen LogP contribution in [0.3, 0.4) is 0 Å². The highest BCUT2D eigenvalue weighted by molar-refractivity contribution is 5.82. The Morgan fingerprint density at radius 1 is 1.18 bits per heavy atom. The summed E-state index contributed by atoms with van der Waals surface area (Å²) in [5.41, 5.74) is 5.32. The Balaban J connectivity index is 1.91. The number of imidazole rings is 1. The van der Waals surface area contributed by atoms with Gasteiger partial charge in [-0.3, -0.25) is 4.79 Å². The molecule has 1 atom stereocenters. The Kier molecular flexibility index (Phi) is 8.09. The van der Waals surface area contributed by atoms with Gasteiger partial charge >= 0.3 is 0 Å². The maximum absolute atomic E-state index is 14.4. The van der Waals surface area contributed by atoms with Crippen molar-refractivity contribution in [2.24, 2.45) is 11.1 Å².